The van der Waals surface area contributed by atoms with Gasteiger partial charge in [-0.2, -0.15) is 0 Å². The smallest absolute Gasteiger partial charge is 0.154 e. The lowest BCUT2D eigenvalue weighted by atomic mass is 10.2. The van der Waals surface area contributed by atoms with E-state index in [0.29, 0.717) is 28.2 Å². The van der Waals surface area contributed by atoms with Gasteiger partial charge in [0.15, 0.2) is 5.58 Å². The summed E-state index contributed by atoms with van der Waals surface area (Å²) in [6.07, 6.45) is 0. The number of hydrogen-bond donors (Lipinski definition) is 1. The molecule has 4 heteroatoms. The van der Waals surface area contributed by atoms with Crippen LogP contribution in [0.5, 0.6) is 0 Å². The van der Waals surface area contributed by atoms with E-state index in [9.17, 15) is 0 Å². The van der Waals surface area contributed by atoms with Crippen molar-refractivity contribution in [2.45, 2.75) is 26.4 Å². The highest BCUT2D eigenvalue weighted by Gasteiger charge is 2.10. The van der Waals surface area contributed by atoms with Crippen LogP contribution in [0, 0.1) is 0 Å². The van der Waals surface area contributed by atoms with Gasteiger partial charge in [0.2, 0.25) is 0 Å². The number of nitrogens with one attached hydrogen (secondary N) is 1. The Morgan fingerprint density at radius 3 is 2.75 bits per heavy atom. The molecule has 0 unspecified atom stereocenters. The van der Waals surface area contributed by atoms with Gasteiger partial charge >= 0.3 is 0 Å². The molecule has 0 saturated carbocycles. The second kappa shape index (κ2) is 4.66. The van der Waals surface area contributed by atoms with Crippen LogP contribution in [0.3, 0.4) is 0 Å². The third kappa shape index (κ3) is 2.34. The van der Waals surface area contributed by atoms with E-state index in [0.717, 1.165) is 11.1 Å². The molecule has 0 aliphatic carbocycles. The van der Waals surface area contributed by atoms with Crippen molar-refractivity contribution in [1.82, 2.24) is 5.32 Å². The van der Waals surface area contributed by atoms with Crippen molar-refractivity contribution in [3.8, 4) is 0 Å². The monoisotopic (exact) mass is 257 g/mol. The van der Waals surface area contributed by atoms with Crippen LogP contribution in [0.2, 0.25) is 10.0 Å². The fourth-order valence-corrected chi connectivity index (χ4v) is 1.85. The molecule has 2 aromatic rings. The number of halogens is 2. The minimum atomic E-state index is 0.423. The molecule has 0 radical (unpaired) electrons. The number of benzene rings is 1. The topological polar surface area (TPSA) is 25.2 Å². The lowest BCUT2D eigenvalue weighted by molar-refractivity contribution is 0.488. The molecule has 2 rings (SSSR count). The maximum Gasteiger partial charge on any atom is 0.154 e. The molecule has 0 saturated heterocycles. The number of rotatable bonds is 3. The minimum Gasteiger partial charge on any atom is -0.458 e. The number of hydrogen-bond acceptors (Lipinski definition) is 2. The third-order valence-corrected chi connectivity index (χ3v) is 3.10. The van der Waals surface area contributed by atoms with Gasteiger partial charge in [0.05, 0.1) is 11.6 Å². The van der Waals surface area contributed by atoms with Crippen molar-refractivity contribution in [2.75, 3.05) is 0 Å². The van der Waals surface area contributed by atoms with Crippen molar-refractivity contribution in [1.29, 1.82) is 0 Å². The molecule has 86 valence electrons. The predicted molar refractivity (Wildman–Crippen MR) is 68.2 cm³/mol. The lowest BCUT2D eigenvalue weighted by Crippen LogP contribution is -2.21. The zero-order valence-corrected chi connectivity index (χ0v) is 10.7. The maximum absolute atomic E-state index is 6.06. The van der Waals surface area contributed by atoms with E-state index in [-0.39, 0.29) is 0 Å². The lowest BCUT2D eigenvalue weighted by Gasteiger charge is -2.04. The van der Waals surface area contributed by atoms with Crippen LogP contribution < -0.4 is 5.32 Å². The summed E-state index contributed by atoms with van der Waals surface area (Å²) >= 11 is 12.0. The molecule has 0 aliphatic heterocycles. The summed E-state index contributed by atoms with van der Waals surface area (Å²) in [4.78, 5) is 0. The molecule has 0 aliphatic rings. The fourth-order valence-electron chi connectivity index (χ4n) is 1.49. The third-order valence-electron chi connectivity index (χ3n) is 2.31. The van der Waals surface area contributed by atoms with E-state index >= 15 is 0 Å². The molecule has 1 aromatic heterocycles. The number of furan rings is 1. The van der Waals surface area contributed by atoms with Crippen LogP contribution in [-0.2, 0) is 6.54 Å². The first-order chi connectivity index (χ1) is 7.58. The molecule has 0 atom stereocenters. The molecule has 0 amide bonds. The second-order valence-corrected chi connectivity index (χ2v) is 4.81. The van der Waals surface area contributed by atoms with Crippen LogP contribution in [0.15, 0.2) is 22.6 Å². The van der Waals surface area contributed by atoms with Gasteiger partial charge in [-0.1, -0.05) is 37.0 Å². The molecule has 0 bridgehead atoms. The zero-order chi connectivity index (χ0) is 11.7. The summed E-state index contributed by atoms with van der Waals surface area (Å²) < 4.78 is 5.65. The van der Waals surface area contributed by atoms with E-state index < -0.39 is 0 Å². The van der Waals surface area contributed by atoms with Gasteiger partial charge in [0.1, 0.15) is 10.8 Å². The molecule has 16 heavy (non-hydrogen) atoms. The maximum atomic E-state index is 6.06. The average molecular weight is 258 g/mol. The highest BCUT2D eigenvalue weighted by Crippen LogP contribution is 2.32. The second-order valence-electron chi connectivity index (χ2n) is 4.03. The van der Waals surface area contributed by atoms with Gasteiger partial charge in [-0.25, -0.2) is 0 Å². The van der Waals surface area contributed by atoms with Gasteiger partial charge in [-0.05, 0) is 18.2 Å². The highest BCUT2D eigenvalue weighted by molar-refractivity contribution is 6.44. The van der Waals surface area contributed by atoms with E-state index in [1.54, 1.807) is 6.07 Å². The Hall–Kier alpha value is -0.700. The number of fused-ring (bicyclic) bond motifs is 1. The van der Waals surface area contributed by atoms with Crippen molar-refractivity contribution in [3.63, 3.8) is 0 Å². The first-order valence-corrected chi connectivity index (χ1v) is 5.93. The summed E-state index contributed by atoms with van der Waals surface area (Å²) in [6.45, 7) is 4.87. The van der Waals surface area contributed by atoms with Crippen LogP contribution >= 0.6 is 23.2 Å². The van der Waals surface area contributed by atoms with Gasteiger partial charge in [-0.15, -0.1) is 0 Å². The summed E-state index contributed by atoms with van der Waals surface area (Å²) in [5.41, 5.74) is 0.662. The standard InChI is InChI=1S/C12H13Cl2NO/c1-7(2)15-6-9-5-8-3-4-10(13)11(14)12(8)16-9/h3-5,7,15H,6H2,1-2H3. The Bertz CT molecular complexity index is 505. The first-order valence-electron chi connectivity index (χ1n) is 5.17. The fraction of sp³-hybridized carbons (Fsp3) is 0.333. The predicted octanol–water partition coefficient (Wildman–Crippen LogP) is 4.24. The van der Waals surface area contributed by atoms with E-state index in [1.165, 1.54) is 0 Å². The van der Waals surface area contributed by atoms with Gasteiger partial charge < -0.3 is 9.73 Å². The SMILES string of the molecule is CC(C)NCc1cc2ccc(Cl)c(Cl)c2o1. The van der Waals surface area contributed by atoms with E-state index in [4.69, 9.17) is 27.6 Å². The normalized spacial score (nSPS) is 11.6. The zero-order valence-electron chi connectivity index (χ0n) is 9.18. The van der Waals surface area contributed by atoms with Gasteiger partial charge in [0, 0.05) is 11.4 Å². The van der Waals surface area contributed by atoms with Gasteiger partial charge in [-0.3, -0.25) is 0 Å². The van der Waals surface area contributed by atoms with E-state index in [2.05, 4.69) is 19.2 Å². The highest BCUT2D eigenvalue weighted by atomic mass is 35.5. The summed E-state index contributed by atoms with van der Waals surface area (Å²) in [5.74, 6) is 0.868. The minimum absolute atomic E-state index is 0.423. The molecule has 1 N–H and O–H groups in total. The molecule has 0 fully saturated rings. The largest absolute Gasteiger partial charge is 0.458 e. The first kappa shape index (κ1) is 11.8. The van der Waals surface area contributed by atoms with Crippen molar-refractivity contribution in [3.05, 3.63) is 34.0 Å². The van der Waals surface area contributed by atoms with Gasteiger partial charge in [0.25, 0.3) is 0 Å². The molecule has 0 spiro atoms. The van der Waals surface area contributed by atoms with Crippen LogP contribution in [0.25, 0.3) is 11.0 Å². The molecule has 2 nitrogen and oxygen atoms in total. The van der Waals surface area contributed by atoms with Crippen molar-refractivity contribution >= 4 is 34.2 Å². The molecule has 1 heterocycles. The summed E-state index contributed by atoms with van der Waals surface area (Å²) in [5, 5.41) is 5.27. The Labute approximate surface area is 105 Å². The summed E-state index contributed by atoms with van der Waals surface area (Å²) in [7, 11) is 0. The Balaban J connectivity index is 2.33. The van der Waals surface area contributed by atoms with Crippen LogP contribution in [0.1, 0.15) is 19.6 Å². The average Bonchev–Trinajstić information content (AvgIpc) is 2.64. The Morgan fingerprint density at radius 2 is 2.06 bits per heavy atom. The molecule has 1 aromatic carbocycles. The van der Waals surface area contributed by atoms with Crippen LogP contribution in [-0.4, -0.2) is 6.04 Å². The molecular formula is C12H13Cl2NO. The Kier molecular flexibility index (Phi) is 3.43. The summed E-state index contributed by atoms with van der Waals surface area (Å²) in [6, 6.07) is 6.09. The van der Waals surface area contributed by atoms with Crippen molar-refractivity contribution < 1.29 is 4.42 Å². The quantitative estimate of drug-likeness (QED) is 0.890. The Morgan fingerprint density at radius 1 is 1.31 bits per heavy atom. The van der Waals surface area contributed by atoms with E-state index in [1.807, 2.05) is 12.1 Å². The molecular weight excluding hydrogens is 245 g/mol. The van der Waals surface area contributed by atoms with Crippen LogP contribution in [0.4, 0.5) is 0 Å². The van der Waals surface area contributed by atoms with Crippen molar-refractivity contribution in [2.24, 2.45) is 0 Å².